The van der Waals surface area contributed by atoms with Crippen molar-refractivity contribution in [1.82, 2.24) is 4.90 Å². The Morgan fingerprint density at radius 2 is 2.12 bits per heavy atom. The summed E-state index contributed by atoms with van der Waals surface area (Å²) in [5, 5.41) is 5.59. The molecule has 1 aliphatic heterocycles. The summed E-state index contributed by atoms with van der Waals surface area (Å²) in [6.45, 7) is 2.85. The fraction of sp³-hybridized carbons (Fsp3) is 0.412. The first-order chi connectivity index (χ1) is 12.3. The van der Waals surface area contributed by atoms with E-state index in [2.05, 4.69) is 0 Å². The zero-order valence-corrected chi connectivity index (χ0v) is 15.1. The summed E-state index contributed by atoms with van der Waals surface area (Å²) in [7, 11) is -3.84. The van der Waals surface area contributed by atoms with E-state index in [-0.39, 0.29) is 35.0 Å². The average Bonchev–Trinajstić information content (AvgIpc) is 3.04. The number of amides is 1. The first-order valence-corrected chi connectivity index (χ1v) is 9.86. The Labute approximate surface area is 150 Å². The minimum Gasteiger partial charge on any atom is -0.466 e. The molecule has 2 aromatic rings. The van der Waals surface area contributed by atoms with Gasteiger partial charge in [-0.3, -0.25) is 9.59 Å². The van der Waals surface area contributed by atoms with Crippen LogP contribution in [0.2, 0.25) is 0 Å². The Morgan fingerprint density at radius 3 is 2.81 bits per heavy atom. The predicted molar refractivity (Wildman–Crippen MR) is 92.8 cm³/mol. The van der Waals surface area contributed by atoms with Crippen LogP contribution < -0.4 is 5.14 Å². The number of sulfonamides is 1. The molecule has 1 unspecified atom stereocenters. The van der Waals surface area contributed by atoms with Gasteiger partial charge in [-0.1, -0.05) is 0 Å². The highest BCUT2D eigenvalue weighted by Crippen LogP contribution is 2.25. The van der Waals surface area contributed by atoms with Crippen molar-refractivity contribution < 1.29 is 27.2 Å². The molecular weight excluding hydrogens is 360 g/mol. The van der Waals surface area contributed by atoms with Crippen LogP contribution in [0.3, 0.4) is 0 Å². The zero-order chi connectivity index (χ0) is 18.9. The Kier molecular flexibility index (Phi) is 5.01. The number of nitrogens with zero attached hydrogens (tertiary/aromatic N) is 1. The van der Waals surface area contributed by atoms with Crippen molar-refractivity contribution in [3.63, 3.8) is 0 Å². The van der Waals surface area contributed by atoms with Crippen LogP contribution in [0, 0.1) is 5.92 Å². The normalized spacial score (nSPS) is 18.1. The molecule has 140 valence electrons. The Bertz CT molecular complexity index is 949. The lowest BCUT2D eigenvalue weighted by molar-refractivity contribution is -0.149. The molecule has 1 aromatic carbocycles. The minimum absolute atomic E-state index is 0.0508. The van der Waals surface area contributed by atoms with Gasteiger partial charge in [0, 0.05) is 18.5 Å². The minimum atomic E-state index is -3.84. The van der Waals surface area contributed by atoms with Crippen molar-refractivity contribution in [1.29, 1.82) is 0 Å². The molecule has 2 N–H and O–H groups in total. The predicted octanol–water partition coefficient (Wildman–Crippen LogP) is 1.50. The number of rotatable bonds is 4. The van der Waals surface area contributed by atoms with E-state index in [1.165, 1.54) is 24.3 Å². The molecule has 1 atom stereocenters. The molecule has 1 saturated heterocycles. The number of ether oxygens (including phenoxy) is 1. The van der Waals surface area contributed by atoms with Gasteiger partial charge in [0.2, 0.25) is 10.0 Å². The summed E-state index contributed by atoms with van der Waals surface area (Å²) in [6, 6.07) is 5.64. The molecule has 0 saturated carbocycles. The van der Waals surface area contributed by atoms with Gasteiger partial charge < -0.3 is 14.1 Å². The van der Waals surface area contributed by atoms with Crippen LogP contribution in [0.5, 0.6) is 0 Å². The van der Waals surface area contributed by atoms with Gasteiger partial charge in [0.15, 0.2) is 5.76 Å². The summed E-state index contributed by atoms with van der Waals surface area (Å²) in [4.78, 5) is 26.1. The third-order valence-corrected chi connectivity index (χ3v) is 5.27. The topological polar surface area (TPSA) is 120 Å². The van der Waals surface area contributed by atoms with Gasteiger partial charge in [-0.25, -0.2) is 13.6 Å². The standard InChI is InChI=1S/C17H20N2O6S/c1-2-24-17(21)11-4-3-7-19(10-11)16(20)15-9-12-8-13(26(18,22)23)5-6-14(12)25-15/h5-6,8-9,11H,2-4,7,10H2,1H3,(H2,18,22,23). The van der Waals surface area contributed by atoms with Crippen LogP contribution in [-0.2, 0) is 19.6 Å². The van der Waals surface area contributed by atoms with Gasteiger partial charge in [0.25, 0.3) is 5.91 Å². The van der Waals surface area contributed by atoms with Crippen LogP contribution in [-0.4, -0.2) is 44.9 Å². The maximum Gasteiger partial charge on any atom is 0.310 e. The summed E-state index contributed by atoms with van der Waals surface area (Å²) in [6.07, 6.45) is 1.38. The number of esters is 1. The smallest absolute Gasteiger partial charge is 0.310 e. The van der Waals surface area contributed by atoms with E-state index in [0.29, 0.717) is 37.0 Å². The fourth-order valence-corrected chi connectivity index (χ4v) is 3.62. The molecule has 1 aliphatic rings. The largest absolute Gasteiger partial charge is 0.466 e. The number of fused-ring (bicyclic) bond motifs is 1. The van der Waals surface area contributed by atoms with Crippen LogP contribution >= 0.6 is 0 Å². The molecular formula is C17H20N2O6S. The van der Waals surface area contributed by atoms with Gasteiger partial charge in [-0.15, -0.1) is 0 Å². The number of likely N-dealkylation sites (tertiary alicyclic amines) is 1. The highest BCUT2D eigenvalue weighted by Gasteiger charge is 2.31. The quantitative estimate of drug-likeness (QED) is 0.803. The number of carbonyl (C=O) groups is 2. The van der Waals surface area contributed by atoms with Crippen molar-refractivity contribution in [2.24, 2.45) is 11.1 Å². The van der Waals surface area contributed by atoms with Gasteiger partial charge in [-0.2, -0.15) is 0 Å². The molecule has 1 aromatic heterocycles. The number of hydrogen-bond acceptors (Lipinski definition) is 6. The molecule has 3 rings (SSSR count). The second-order valence-corrected chi connectivity index (χ2v) is 7.76. The van der Waals surface area contributed by atoms with E-state index in [4.69, 9.17) is 14.3 Å². The van der Waals surface area contributed by atoms with Crippen molar-refractivity contribution in [3.05, 3.63) is 30.0 Å². The molecule has 0 aliphatic carbocycles. The first-order valence-electron chi connectivity index (χ1n) is 8.32. The van der Waals surface area contributed by atoms with Gasteiger partial charge in [0.05, 0.1) is 17.4 Å². The van der Waals surface area contributed by atoms with Crippen molar-refractivity contribution >= 4 is 32.9 Å². The van der Waals surface area contributed by atoms with Crippen molar-refractivity contribution in [2.75, 3.05) is 19.7 Å². The maximum absolute atomic E-state index is 12.7. The summed E-state index contributed by atoms with van der Waals surface area (Å²) in [5.41, 5.74) is 0.389. The van der Waals surface area contributed by atoms with Gasteiger partial charge >= 0.3 is 5.97 Å². The van der Waals surface area contributed by atoms with E-state index in [9.17, 15) is 18.0 Å². The molecule has 0 radical (unpaired) electrons. The van der Waals surface area contributed by atoms with E-state index < -0.39 is 10.0 Å². The molecule has 26 heavy (non-hydrogen) atoms. The number of furan rings is 1. The van der Waals surface area contributed by atoms with Crippen LogP contribution in [0.1, 0.15) is 30.3 Å². The SMILES string of the molecule is CCOC(=O)C1CCCN(C(=O)c2cc3cc(S(N)(=O)=O)ccc3o2)C1. The second-order valence-electron chi connectivity index (χ2n) is 6.20. The third kappa shape index (κ3) is 3.73. The third-order valence-electron chi connectivity index (χ3n) is 4.36. The van der Waals surface area contributed by atoms with Crippen molar-refractivity contribution in [2.45, 2.75) is 24.7 Å². The lowest BCUT2D eigenvalue weighted by Crippen LogP contribution is -2.42. The Balaban J connectivity index is 1.82. The summed E-state index contributed by atoms with van der Waals surface area (Å²) in [5.74, 6) is -0.887. The molecule has 0 spiro atoms. The highest BCUT2D eigenvalue weighted by atomic mass is 32.2. The molecule has 2 heterocycles. The Hall–Kier alpha value is -2.39. The number of primary sulfonamides is 1. The lowest BCUT2D eigenvalue weighted by Gasteiger charge is -2.30. The number of benzene rings is 1. The van der Waals surface area contributed by atoms with Gasteiger partial charge in [-0.05, 0) is 44.0 Å². The molecule has 1 fully saturated rings. The number of piperidine rings is 1. The lowest BCUT2D eigenvalue weighted by atomic mass is 9.98. The molecule has 8 nitrogen and oxygen atoms in total. The number of nitrogens with two attached hydrogens (primary N) is 1. The average molecular weight is 380 g/mol. The fourth-order valence-electron chi connectivity index (χ4n) is 3.07. The summed E-state index contributed by atoms with van der Waals surface area (Å²) >= 11 is 0. The van der Waals surface area contributed by atoms with Crippen LogP contribution in [0.25, 0.3) is 11.0 Å². The molecule has 9 heteroatoms. The molecule has 1 amide bonds. The van der Waals surface area contributed by atoms with E-state index in [1.54, 1.807) is 11.8 Å². The second kappa shape index (κ2) is 7.08. The molecule has 0 bridgehead atoms. The number of carbonyl (C=O) groups excluding carboxylic acids is 2. The van der Waals surface area contributed by atoms with Crippen LogP contribution in [0.15, 0.2) is 33.6 Å². The number of hydrogen-bond donors (Lipinski definition) is 1. The highest BCUT2D eigenvalue weighted by molar-refractivity contribution is 7.89. The van der Waals surface area contributed by atoms with Crippen molar-refractivity contribution in [3.8, 4) is 0 Å². The first kappa shape index (κ1) is 18.4. The zero-order valence-electron chi connectivity index (χ0n) is 14.3. The van der Waals surface area contributed by atoms with E-state index in [0.717, 1.165) is 0 Å². The Morgan fingerprint density at radius 1 is 1.35 bits per heavy atom. The van der Waals surface area contributed by atoms with E-state index >= 15 is 0 Å². The van der Waals surface area contributed by atoms with Gasteiger partial charge in [0.1, 0.15) is 5.58 Å². The van der Waals surface area contributed by atoms with E-state index in [1.807, 2.05) is 0 Å². The monoisotopic (exact) mass is 380 g/mol. The van der Waals surface area contributed by atoms with Crippen LogP contribution in [0.4, 0.5) is 0 Å². The summed E-state index contributed by atoms with van der Waals surface area (Å²) < 4.78 is 33.5. The maximum atomic E-state index is 12.7.